The number of benzene rings is 3. The van der Waals surface area contributed by atoms with Gasteiger partial charge in [0.25, 0.3) is 10.0 Å². The van der Waals surface area contributed by atoms with Crippen molar-refractivity contribution in [2.45, 2.75) is 25.3 Å². The van der Waals surface area contributed by atoms with Crippen LogP contribution in [0.2, 0.25) is 0 Å². The molecule has 0 saturated carbocycles. The van der Waals surface area contributed by atoms with Gasteiger partial charge in [-0.3, -0.25) is 4.31 Å². The van der Waals surface area contributed by atoms with Crippen molar-refractivity contribution < 1.29 is 13.2 Å². The Labute approximate surface area is 161 Å². The van der Waals surface area contributed by atoms with Gasteiger partial charge < -0.3 is 4.74 Å². The Bertz CT molecular complexity index is 1010. The van der Waals surface area contributed by atoms with Gasteiger partial charge >= 0.3 is 0 Å². The maximum Gasteiger partial charge on any atom is 0.264 e. The van der Waals surface area contributed by atoms with Crippen LogP contribution < -0.4 is 9.04 Å². The first-order valence-electron chi connectivity index (χ1n) is 8.69. The second kappa shape index (κ2) is 7.84. The van der Waals surface area contributed by atoms with Crippen LogP contribution >= 0.6 is 0 Å². The van der Waals surface area contributed by atoms with E-state index in [1.54, 1.807) is 24.3 Å². The van der Waals surface area contributed by atoms with Crippen molar-refractivity contribution in [2.75, 3.05) is 11.4 Å². The molecule has 3 rings (SSSR count). The molecule has 140 valence electrons. The predicted octanol–water partition coefficient (Wildman–Crippen LogP) is 4.71. The summed E-state index contributed by atoms with van der Waals surface area (Å²) in [4.78, 5) is 0.203. The maximum absolute atomic E-state index is 13.4. The van der Waals surface area contributed by atoms with Crippen LogP contribution in [0.15, 0.2) is 77.7 Å². The Hall–Kier alpha value is -2.79. The van der Waals surface area contributed by atoms with E-state index >= 15 is 0 Å². The molecular formula is C22H23NO3S. The van der Waals surface area contributed by atoms with E-state index in [-0.39, 0.29) is 11.4 Å². The van der Waals surface area contributed by atoms with Gasteiger partial charge in [-0.25, -0.2) is 8.42 Å². The minimum atomic E-state index is -3.75. The minimum absolute atomic E-state index is 0.203. The molecule has 0 radical (unpaired) electrons. The highest BCUT2D eigenvalue weighted by atomic mass is 32.2. The molecule has 0 aliphatic rings. The van der Waals surface area contributed by atoms with E-state index in [1.807, 2.05) is 62.4 Å². The molecule has 5 heteroatoms. The monoisotopic (exact) mass is 381 g/mol. The number of ether oxygens (including phenoxy) is 1. The Balaban J connectivity index is 2.07. The lowest BCUT2D eigenvalue weighted by atomic mass is 10.1. The topological polar surface area (TPSA) is 46.6 Å². The molecular weight excluding hydrogens is 358 g/mol. The predicted molar refractivity (Wildman–Crippen MR) is 109 cm³/mol. The first-order chi connectivity index (χ1) is 12.9. The molecule has 0 fully saturated rings. The fourth-order valence-electron chi connectivity index (χ4n) is 2.77. The molecule has 0 N–H and O–H groups in total. The normalized spacial score (nSPS) is 11.2. The Morgan fingerprint density at radius 1 is 0.852 bits per heavy atom. The van der Waals surface area contributed by atoms with Gasteiger partial charge in [-0.1, -0.05) is 53.6 Å². The van der Waals surface area contributed by atoms with Crippen molar-refractivity contribution in [3.63, 3.8) is 0 Å². The Kier molecular flexibility index (Phi) is 5.51. The zero-order chi connectivity index (χ0) is 19.4. The number of rotatable bonds is 6. The maximum atomic E-state index is 13.4. The van der Waals surface area contributed by atoms with Gasteiger partial charge in [0.15, 0.2) is 0 Å². The van der Waals surface area contributed by atoms with Crippen molar-refractivity contribution in [1.82, 2.24) is 0 Å². The van der Waals surface area contributed by atoms with Crippen LogP contribution in [0.4, 0.5) is 5.69 Å². The smallest absolute Gasteiger partial charge is 0.264 e. The first kappa shape index (κ1) is 19.0. The summed E-state index contributed by atoms with van der Waals surface area (Å²) in [7, 11) is -2.23. The number of nitrogens with zero attached hydrogens (tertiary/aromatic N) is 1. The summed E-state index contributed by atoms with van der Waals surface area (Å²) in [5, 5.41) is 0. The number of hydrogen-bond donors (Lipinski definition) is 0. The van der Waals surface area contributed by atoms with Crippen LogP contribution in [0.5, 0.6) is 5.75 Å². The lowest BCUT2D eigenvalue weighted by molar-refractivity contribution is 0.413. The summed E-state index contributed by atoms with van der Waals surface area (Å²) in [6.07, 6.45) is 0. The van der Waals surface area contributed by atoms with Crippen LogP contribution in [-0.4, -0.2) is 15.5 Å². The fraction of sp³-hybridized carbons (Fsp3) is 0.182. The zero-order valence-corrected chi connectivity index (χ0v) is 16.5. The third kappa shape index (κ3) is 4.31. The third-order valence-corrected chi connectivity index (χ3v) is 6.17. The Morgan fingerprint density at radius 3 is 2.04 bits per heavy atom. The molecule has 0 aliphatic carbocycles. The molecule has 0 aromatic heterocycles. The van der Waals surface area contributed by atoms with E-state index < -0.39 is 10.0 Å². The second-order valence-corrected chi connectivity index (χ2v) is 8.37. The highest BCUT2D eigenvalue weighted by Crippen LogP contribution is 2.28. The van der Waals surface area contributed by atoms with E-state index in [9.17, 15) is 8.42 Å². The first-order valence-corrected chi connectivity index (χ1v) is 10.1. The minimum Gasteiger partial charge on any atom is -0.497 e. The summed E-state index contributed by atoms with van der Waals surface area (Å²) in [6, 6.07) is 21.9. The number of anilines is 1. The standard InChI is InChI=1S/C22H23NO3S/c1-17-7-11-19(12-8-17)16-23(20-13-9-18(2)10-14-20)27(24,25)22-6-4-5-21(15-22)26-3/h4-15H,16H2,1-3H3. The summed E-state index contributed by atoms with van der Waals surface area (Å²) < 4.78 is 33.5. The average Bonchev–Trinajstić information content (AvgIpc) is 2.68. The molecule has 0 aliphatic heterocycles. The summed E-state index contributed by atoms with van der Waals surface area (Å²) in [6.45, 7) is 4.24. The van der Waals surface area contributed by atoms with E-state index in [0.717, 1.165) is 16.7 Å². The summed E-state index contributed by atoms with van der Waals surface area (Å²) in [5.74, 6) is 0.510. The van der Waals surface area contributed by atoms with Gasteiger partial charge in [0, 0.05) is 6.07 Å². The van der Waals surface area contributed by atoms with Gasteiger partial charge in [-0.15, -0.1) is 0 Å². The molecule has 0 saturated heterocycles. The van der Waals surface area contributed by atoms with Crippen LogP contribution in [0, 0.1) is 13.8 Å². The molecule has 0 unspecified atom stereocenters. The third-order valence-electron chi connectivity index (χ3n) is 4.40. The summed E-state index contributed by atoms with van der Waals surface area (Å²) >= 11 is 0. The molecule has 0 atom stereocenters. The van der Waals surface area contributed by atoms with Crippen molar-refractivity contribution in [3.8, 4) is 5.75 Å². The van der Waals surface area contributed by atoms with Crippen LogP contribution in [0.25, 0.3) is 0 Å². The molecule has 4 nitrogen and oxygen atoms in total. The van der Waals surface area contributed by atoms with Crippen molar-refractivity contribution in [1.29, 1.82) is 0 Å². The van der Waals surface area contributed by atoms with Gasteiger partial charge in [-0.2, -0.15) is 0 Å². The van der Waals surface area contributed by atoms with Crippen LogP contribution in [0.3, 0.4) is 0 Å². The largest absolute Gasteiger partial charge is 0.497 e. The van der Waals surface area contributed by atoms with Gasteiger partial charge in [-0.05, 0) is 43.7 Å². The highest BCUT2D eigenvalue weighted by molar-refractivity contribution is 7.92. The molecule has 3 aromatic rings. The molecule has 0 heterocycles. The quantitative estimate of drug-likeness (QED) is 0.621. The SMILES string of the molecule is COc1cccc(S(=O)(=O)N(Cc2ccc(C)cc2)c2ccc(C)cc2)c1. The van der Waals surface area contributed by atoms with Gasteiger partial charge in [0.2, 0.25) is 0 Å². The fourth-order valence-corrected chi connectivity index (χ4v) is 4.26. The van der Waals surface area contributed by atoms with Crippen molar-refractivity contribution >= 4 is 15.7 Å². The van der Waals surface area contributed by atoms with E-state index in [1.165, 1.54) is 11.4 Å². The number of hydrogen-bond acceptors (Lipinski definition) is 3. The molecule has 0 spiro atoms. The van der Waals surface area contributed by atoms with Crippen LogP contribution in [-0.2, 0) is 16.6 Å². The molecule has 0 bridgehead atoms. The lowest BCUT2D eigenvalue weighted by Crippen LogP contribution is -2.30. The Morgan fingerprint density at radius 2 is 1.44 bits per heavy atom. The second-order valence-electron chi connectivity index (χ2n) is 6.51. The van der Waals surface area contributed by atoms with E-state index in [4.69, 9.17) is 4.74 Å². The molecule has 27 heavy (non-hydrogen) atoms. The van der Waals surface area contributed by atoms with Crippen molar-refractivity contribution in [2.24, 2.45) is 0 Å². The summed E-state index contributed by atoms with van der Waals surface area (Å²) in [5.41, 5.74) is 3.76. The van der Waals surface area contributed by atoms with Crippen molar-refractivity contribution in [3.05, 3.63) is 89.5 Å². The lowest BCUT2D eigenvalue weighted by Gasteiger charge is -2.25. The van der Waals surface area contributed by atoms with Gasteiger partial charge in [0.05, 0.1) is 24.2 Å². The van der Waals surface area contributed by atoms with E-state index in [2.05, 4.69) is 0 Å². The highest BCUT2D eigenvalue weighted by Gasteiger charge is 2.25. The van der Waals surface area contributed by atoms with Crippen LogP contribution in [0.1, 0.15) is 16.7 Å². The molecule has 0 amide bonds. The van der Waals surface area contributed by atoms with Gasteiger partial charge in [0.1, 0.15) is 5.75 Å². The van der Waals surface area contributed by atoms with E-state index in [0.29, 0.717) is 11.4 Å². The molecule has 3 aromatic carbocycles. The number of aryl methyl sites for hydroxylation is 2. The number of sulfonamides is 1. The zero-order valence-electron chi connectivity index (χ0n) is 15.7. The number of methoxy groups -OCH3 is 1. The average molecular weight is 381 g/mol.